The summed E-state index contributed by atoms with van der Waals surface area (Å²) < 4.78 is 5.18. The van der Waals surface area contributed by atoms with Crippen molar-refractivity contribution >= 4 is 18.3 Å². The molecule has 0 aliphatic carbocycles. The minimum absolute atomic E-state index is 0. The highest BCUT2D eigenvalue weighted by Crippen LogP contribution is 2.22. The van der Waals surface area contributed by atoms with Gasteiger partial charge >= 0.3 is 0 Å². The van der Waals surface area contributed by atoms with Crippen LogP contribution in [0.25, 0.3) is 0 Å². The zero-order valence-corrected chi connectivity index (χ0v) is 15.5. The highest BCUT2D eigenvalue weighted by Gasteiger charge is 2.23. The fraction of sp³-hybridized carbons (Fsp3) is 0.765. The Morgan fingerprint density at radius 1 is 1.43 bits per heavy atom. The molecule has 3 unspecified atom stereocenters. The first-order chi connectivity index (χ1) is 10.5. The second-order valence-electron chi connectivity index (χ2n) is 6.76. The molecule has 5 nitrogen and oxygen atoms in total. The van der Waals surface area contributed by atoms with Crippen molar-refractivity contribution in [3.63, 3.8) is 0 Å². The standard InChI is InChI=1S/C17H29N3O2.ClH/c1-11(15-6-5-7-18-10-15)8-17(21)19-12(2)9-16-13(3)20-22-14(16)4;/h11-12,15,18H,5-10H2,1-4H3,(H,19,21);1H. The van der Waals surface area contributed by atoms with E-state index in [1.54, 1.807) is 0 Å². The SMILES string of the molecule is Cc1noc(C)c1CC(C)NC(=O)CC(C)C1CCCNC1.Cl. The first-order valence-corrected chi connectivity index (χ1v) is 8.39. The smallest absolute Gasteiger partial charge is 0.220 e. The summed E-state index contributed by atoms with van der Waals surface area (Å²) in [4.78, 5) is 12.2. The summed E-state index contributed by atoms with van der Waals surface area (Å²) in [6, 6.07) is 0.0981. The lowest BCUT2D eigenvalue weighted by Crippen LogP contribution is -2.38. The molecule has 0 saturated carbocycles. The normalized spacial score (nSPS) is 20.4. The van der Waals surface area contributed by atoms with Crippen LogP contribution in [0.15, 0.2) is 4.52 Å². The van der Waals surface area contributed by atoms with Crippen LogP contribution < -0.4 is 10.6 Å². The van der Waals surface area contributed by atoms with E-state index < -0.39 is 0 Å². The van der Waals surface area contributed by atoms with Crippen LogP contribution >= 0.6 is 12.4 Å². The number of piperidine rings is 1. The van der Waals surface area contributed by atoms with Gasteiger partial charge in [0.25, 0.3) is 0 Å². The Balaban J connectivity index is 0.00000264. The lowest BCUT2D eigenvalue weighted by molar-refractivity contribution is -0.122. The maximum atomic E-state index is 12.2. The van der Waals surface area contributed by atoms with Crippen LogP contribution in [0.5, 0.6) is 0 Å². The monoisotopic (exact) mass is 343 g/mol. The number of amides is 1. The molecule has 0 aromatic carbocycles. The number of nitrogens with one attached hydrogen (secondary N) is 2. The molecule has 0 bridgehead atoms. The van der Waals surface area contributed by atoms with Crippen molar-refractivity contribution in [2.45, 2.75) is 59.4 Å². The molecule has 2 N–H and O–H groups in total. The summed E-state index contributed by atoms with van der Waals surface area (Å²) in [6.45, 7) is 10.3. The molecule has 1 aliphatic rings. The number of hydrogen-bond acceptors (Lipinski definition) is 4. The predicted octanol–water partition coefficient (Wildman–Crippen LogP) is 2.79. The highest BCUT2D eigenvalue weighted by atomic mass is 35.5. The molecule has 2 rings (SSSR count). The zero-order valence-electron chi connectivity index (χ0n) is 14.6. The number of halogens is 1. The van der Waals surface area contributed by atoms with Crippen LogP contribution in [-0.4, -0.2) is 30.2 Å². The minimum Gasteiger partial charge on any atom is -0.361 e. The van der Waals surface area contributed by atoms with Crippen molar-refractivity contribution in [2.24, 2.45) is 11.8 Å². The van der Waals surface area contributed by atoms with E-state index in [1.165, 1.54) is 12.8 Å². The Hall–Kier alpha value is -1.07. The summed E-state index contributed by atoms with van der Waals surface area (Å²) in [5, 5.41) is 10.5. The third-order valence-corrected chi connectivity index (χ3v) is 4.75. The van der Waals surface area contributed by atoms with Crippen LogP contribution in [-0.2, 0) is 11.2 Å². The summed E-state index contributed by atoms with van der Waals surface area (Å²) >= 11 is 0. The molecule has 0 spiro atoms. The maximum Gasteiger partial charge on any atom is 0.220 e. The average Bonchev–Trinajstić information content (AvgIpc) is 2.79. The third kappa shape index (κ3) is 5.81. The van der Waals surface area contributed by atoms with Gasteiger partial charge in [0.2, 0.25) is 5.91 Å². The van der Waals surface area contributed by atoms with Crippen molar-refractivity contribution < 1.29 is 9.32 Å². The number of hydrogen-bond donors (Lipinski definition) is 2. The van der Waals surface area contributed by atoms with E-state index in [2.05, 4.69) is 22.7 Å². The molecule has 1 saturated heterocycles. The van der Waals surface area contributed by atoms with Gasteiger partial charge in [-0.15, -0.1) is 12.4 Å². The first-order valence-electron chi connectivity index (χ1n) is 8.39. The molecule has 1 aromatic rings. The molecule has 2 heterocycles. The fourth-order valence-corrected chi connectivity index (χ4v) is 3.31. The van der Waals surface area contributed by atoms with Crippen molar-refractivity contribution in [3.05, 3.63) is 17.0 Å². The molecule has 1 aromatic heterocycles. The second kappa shape index (κ2) is 9.28. The molecule has 1 amide bonds. The number of carbonyl (C=O) groups is 1. The average molecular weight is 344 g/mol. The van der Waals surface area contributed by atoms with Crippen LogP contribution in [0.4, 0.5) is 0 Å². The molecule has 1 fully saturated rings. The predicted molar refractivity (Wildman–Crippen MR) is 93.9 cm³/mol. The molecular formula is C17H30ClN3O2. The van der Waals surface area contributed by atoms with Gasteiger partial charge in [-0.05, 0) is 65.0 Å². The Labute approximate surface area is 145 Å². The Morgan fingerprint density at radius 3 is 2.74 bits per heavy atom. The van der Waals surface area contributed by atoms with Gasteiger partial charge < -0.3 is 15.2 Å². The van der Waals surface area contributed by atoms with Gasteiger partial charge in [0.05, 0.1) is 5.69 Å². The van der Waals surface area contributed by atoms with Crippen molar-refractivity contribution in [1.29, 1.82) is 0 Å². The van der Waals surface area contributed by atoms with Gasteiger partial charge in [0.1, 0.15) is 5.76 Å². The molecule has 3 atom stereocenters. The van der Waals surface area contributed by atoms with Gasteiger partial charge in [-0.2, -0.15) is 0 Å². The van der Waals surface area contributed by atoms with Gasteiger partial charge in [-0.1, -0.05) is 12.1 Å². The quantitative estimate of drug-likeness (QED) is 0.833. The first kappa shape index (κ1) is 20.0. The minimum atomic E-state index is 0. The fourth-order valence-electron chi connectivity index (χ4n) is 3.31. The number of carbonyl (C=O) groups excluding carboxylic acids is 1. The zero-order chi connectivity index (χ0) is 16.1. The van der Waals surface area contributed by atoms with E-state index in [0.29, 0.717) is 18.3 Å². The molecule has 132 valence electrons. The lowest BCUT2D eigenvalue weighted by Gasteiger charge is -2.28. The number of aromatic nitrogens is 1. The summed E-state index contributed by atoms with van der Waals surface area (Å²) in [6.07, 6.45) is 3.83. The number of nitrogens with zero attached hydrogens (tertiary/aromatic N) is 1. The molecule has 23 heavy (non-hydrogen) atoms. The van der Waals surface area contributed by atoms with Gasteiger partial charge in [-0.25, -0.2) is 0 Å². The van der Waals surface area contributed by atoms with Crippen molar-refractivity contribution in [2.75, 3.05) is 13.1 Å². The van der Waals surface area contributed by atoms with Crippen molar-refractivity contribution in [1.82, 2.24) is 15.8 Å². The molecule has 6 heteroatoms. The van der Waals surface area contributed by atoms with E-state index in [-0.39, 0.29) is 24.4 Å². The largest absolute Gasteiger partial charge is 0.361 e. The topological polar surface area (TPSA) is 67.2 Å². The van der Waals surface area contributed by atoms with Gasteiger partial charge in [0.15, 0.2) is 0 Å². The van der Waals surface area contributed by atoms with E-state index in [0.717, 1.165) is 36.5 Å². The van der Waals surface area contributed by atoms with E-state index >= 15 is 0 Å². The maximum absolute atomic E-state index is 12.2. The summed E-state index contributed by atoms with van der Waals surface area (Å²) in [5.74, 6) is 2.05. The highest BCUT2D eigenvalue weighted by molar-refractivity contribution is 5.85. The summed E-state index contributed by atoms with van der Waals surface area (Å²) in [7, 11) is 0. The van der Waals surface area contributed by atoms with Gasteiger partial charge in [-0.3, -0.25) is 4.79 Å². The Kier molecular flexibility index (Phi) is 8.06. The van der Waals surface area contributed by atoms with Crippen LogP contribution in [0.3, 0.4) is 0 Å². The van der Waals surface area contributed by atoms with Crippen molar-refractivity contribution in [3.8, 4) is 0 Å². The van der Waals surface area contributed by atoms with Gasteiger partial charge in [0, 0.05) is 18.0 Å². The van der Waals surface area contributed by atoms with E-state index in [4.69, 9.17) is 4.52 Å². The Morgan fingerprint density at radius 2 is 2.17 bits per heavy atom. The lowest BCUT2D eigenvalue weighted by atomic mass is 9.85. The van der Waals surface area contributed by atoms with Crippen LogP contribution in [0, 0.1) is 25.7 Å². The van der Waals surface area contributed by atoms with Crippen LogP contribution in [0.1, 0.15) is 50.1 Å². The Bertz CT molecular complexity index is 479. The van der Waals surface area contributed by atoms with Crippen LogP contribution in [0.2, 0.25) is 0 Å². The molecule has 1 aliphatic heterocycles. The number of aryl methyl sites for hydroxylation is 2. The molecule has 0 radical (unpaired) electrons. The van der Waals surface area contributed by atoms with E-state index in [9.17, 15) is 4.79 Å². The third-order valence-electron chi connectivity index (χ3n) is 4.75. The molecular weight excluding hydrogens is 314 g/mol. The second-order valence-corrected chi connectivity index (χ2v) is 6.76. The number of rotatable bonds is 6. The van der Waals surface area contributed by atoms with E-state index in [1.807, 2.05) is 20.8 Å². The summed E-state index contributed by atoms with van der Waals surface area (Å²) in [5.41, 5.74) is 2.03.